The van der Waals surface area contributed by atoms with Crippen molar-refractivity contribution in [2.75, 3.05) is 6.54 Å². The van der Waals surface area contributed by atoms with E-state index >= 15 is 0 Å². The molecule has 0 aliphatic heterocycles. The van der Waals surface area contributed by atoms with Gasteiger partial charge in [0.25, 0.3) is 0 Å². The minimum Gasteiger partial charge on any atom is -0.379 e. The zero-order chi connectivity index (χ0) is 10.4. The molecule has 2 nitrogen and oxygen atoms in total. The van der Waals surface area contributed by atoms with Crippen LogP contribution in [0.1, 0.15) is 33.1 Å². The molecular formula is C12H21NO. The minimum atomic E-state index is -0.351. The molecule has 2 N–H and O–H groups in total. The van der Waals surface area contributed by atoms with Gasteiger partial charge in [-0.25, -0.2) is 0 Å². The highest BCUT2D eigenvalue weighted by molar-refractivity contribution is 5.15. The van der Waals surface area contributed by atoms with Crippen molar-refractivity contribution in [3.05, 3.63) is 24.3 Å². The van der Waals surface area contributed by atoms with Gasteiger partial charge in [0.05, 0.1) is 0 Å². The first-order valence-electron chi connectivity index (χ1n) is 5.42. The van der Waals surface area contributed by atoms with E-state index < -0.39 is 0 Å². The molecule has 2 atom stereocenters. The summed E-state index contributed by atoms with van der Waals surface area (Å²) in [6.45, 7) is 5.13. The summed E-state index contributed by atoms with van der Waals surface area (Å²) in [6.07, 6.45) is 11.1. The first kappa shape index (κ1) is 11.5. The molecule has 1 aliphatic carbocycles. The Morgan fingerprint density at radius 2 is 2.29 bits per heavy atom. The zero-order valence-corrected chi connectivity index (χ0v) is 9.16. The van der Waals surface area contributed by atoms with Crippen LogP contribution in [-0.2, 0) is 0 Å². The van der Waals surface area contributed by atoms with E-state index in [9.17, 15) is 5.11 Å². The molecule has 0 aromatic heterocycles. The number of allylic oxidation sites excluding steroid dienone is 3. The Labute approximate surface area is 86.7 Å². The Kier molecular flexibility index (Phi) is 4.36. The van der Waals surface area contributed by atoms with Crippen molar-refractivity contribution in [1.29, 1.82) is 0 Å². The Morgan fingerprint density at radius 3 is 2.86 bits per heavy atom. The molecular weight excluding hydrogens is 174 g/mol. The molecule has 0 amide bonds. The maximum Gasteiger partial charge on any atom is 0.104 e. The number of aliphatic hydroxyl groups excluding tert-OH is 1. The fourth-order valence-electron chi connectivity index (χ4n) is 1.63. The third kappa shape index (κ3) is 3.64. The van der Waals surface area contributed by atoms with Gasteiger partial charge in [-0.2, -0.15) is 0 Å². The lowest BCUT2D eigenvalue weighted by atomic mass is 9.84. The third-order valence-electron chi connectivity index (χ3n) is 2.63. The topological polar surface area (TPSA) is 32.3 Å². The average molecular weight is 195 g/mol. The summed E-state index contributed by atoms with van der Waals surface area (Å²) in [7, 11) is 0. The average Bonchev–Trinajstić information content (AvgIpc) is 2.17. The molecule has 1 aliphatic rings. The Morgan fingerprint density at radius 1 is 1.50 bits per heavy atom. The van der Waals surface area contributed by atoms with E-state index in [0.717, 1.165) is 25.8 Å². The monoisotopic (exact) mass is 195 g/mol. The van der Waals surface area contributed by atoms with E-state index in [4.69, 9.17) is 0 Å². The Hall–Kier alpha value is -0.600. The van der Waals surface area contributed by atoms with Gasteiger partial charge in [0.1, 0.15) is 6.23 Å². The molecule has 2 heteroatoms. The molecule has 0 radical (unpaired) electrons. The quantitative estimate of drug-likeness (QED) is 0.659. The first-order chi connectivity index (χ1) is 6.66. The molecule has 14 heavy (non-hydrogen) atoms. The van der Waals surface area contributed by atoms with Crippen LogP contribution in [0.4, 0.5) is 0 Å². The Balaban J connectivity index is 2.29. The molecule has 0 heterocycles. The van der Waals surface area contributed by atoms with Crippen LogP contribution in [0, 0.1) is 5.41 Å². The summed E-state index contributed by atoms with van der Waals surface area (Å²) in [4.78, 5) is 0. The second-order valence-corrected chi connectivity index (χ2v) is 4.33. The molecule has 1 rings (SSSR count). The van der Waals surface area contributed by atoms with Gasteiger partial charge in [0, 0.05) is 12.0 Å². The summed E-state index contributed by atoms with van der Waals surface area (Å²) in [5.41, 5.74) is 0.170. The number of hydrogen-bond donors (Lipinski definition) is 2. The lowest BCUT2D eigenvalue weighted by Crippen LogP contribution is -2.37. The lowest BCUT2D eigenvalue weighted by molar-refractivity contribution is 0.115. The van der Waals surface area contributed by atoms with Gasteiger partial charge >= 0.3 is 0 Å². The molecule has 0 fully saturated rings. The molecule has 0 aromatic carbocycles. The van der Waals surface area contributed by atoms with Crippen molar-refractivity contribution in [1.82, 2.24) is 5.32 Å². The van der Waals surface area contributed by atoms with Crippen LogP contribution in [0.3, 0.4) is 0 Å². The molecule has 0 saturated heterocycles. The van der Waals surface area contributed by atoms with Crippen molar-refractivity contribution in [2.45, 2.75) is 39.3 Å². The third-order valence-corrected chi connectivity index (χ3v) is 2.63. The second-order valence-electron chi connectivity index (χ2n) is 4.33. The molecule has 0 saturated carbocycles. The summed E-state index contributed by atoms with van der Waals surface area (Å²) >= 11 is 0. The predicted octanol–water partition coefficient (Wildman–Crippen LogP) is 2.22. The van der Waals surface area contributed by atoms with Crippen molar-refractivity contribution in [3.63, 3.8) is 0 Å². The van der Waals surface area contributed by atoms with Crippen LogP contribution in [0.5, 0.6) is 0 Å². The number of hydrogen-bond acceptors (Lipinski definition) is 2. The van der Waals surface area contributed by atoms with Gasteiger partial charge in [-0.05, 0) is 12.8 Å². The fourth-order valence-corrected chi connectivity index (χ4v) is 1.63. The SMILES string of the molecule is CCCC(O)NC[C@]1(C)C=CC=CC1. The second kappa shape index (κ2) is 5.32. The van der Waals surface area contributed by atoms with Gasteiger partial charge < -0.3 is 5.11 Å². The highest BCUT2D eigenvalue weighted by Gasteiger charge is 2.21. The molecule has 0 spiro atoms. The first-order valence-corrected chi connectivity index (χ1v) is 5.42. The maximum atomic E-state index is 9.54. The van der Waals surface area contributed by atoms with Crippen LogP contribution >= 0.6 is 0 Å². The number of rotatable bonds is 5. The van der Waals surface area contributed by atoms with Gasteiger partial charge in [-0.3, -0.25) is 5.32 Å². The van der Waals surface area contributed by atoms with Crippen LogP contribution < -0.4 is 5.32 Å². The highest BCUT2D eigenvalue weighted by Crippen LogP contribution is 2.25. The van der Waals surface area contributed by atoms with E-state index in [-0.39, 0.29) is 11.6 Å². The van der Waals surface area contributed by atoms with E-state index in [0.29, 0.717) is 0 Å². The van der Waals surface area contributed by atoms with Crippen LogP contribution in [0.2, 0.25) is 0 Å². The van der Waals surface area contributed by atoms with Gasteiger partial charge in [0.2, 0.25) is 0 Å². The van der Waals surface area contributed by atoms with E-state index in [1.54, 1.807) is 0 Å². The lowest BCUT2D eigenvalue weighted by Gasteiger charge is -2.28. The number of nitrogens with one attached hydrogen (secondary N) is 1. The summed E-state index contributed by atoms with van der Waals surface area (Å²) in [5, 5.41) is 12.7. The van der Waals surface area contributed by atoms with Crippen molar-refractivity contribution < 1.29 is 5.11 Å². The molecule has 80 valence electrons. The van der Waals surface area contributed by atoms with Crippen molar-refractivity contribution in [3.8, 4) is 0 Å². The largest absolute Gasteiger partial charge is 0.379 e. The smallest absolute Gasteiger partial charge is 0.104 e. The summed E-state index contributed by atoms with van der Waals surface area (Å²) in [6, 6.07) is 0. The van der Waals surface area contributed by atoms with Gasteiger partial charge in [0.15, 0.2) is 0 Å². The summed E-state index contributed by atoms with van der Waals surface area (Å²) in [5.74, 6) is 0. The standard InChI is InChI=1S/C12H21NO/c1-3-7-11(14)13-10-12(2)8-5-4-6-9-12/h4-6,8,11,13-14H,3,7,9-10H2,1-2H3/t11?,12-/m1/s1. The van der Waals surface area contributed by atoms with Crippen LogP contribution in [-0.4, -0.2) is 17.9 Å². The van der Waals surface area contributed by atoms with Crippen molar-refractivity contribution in [2.24, 2.45) is 5.41 Å². The van der Waals surface area contributed by atoms with E-state index in [2.05, 4.69) is 43.5 Å². The molecule has 0 bridgehead atoms. The predicted molar refractivity (Wildman–Crippen MR) is 59.9 cm³/mol. The minimum absolute atomic E-state index is 0.170. The summed E-state index contributed by atoms with van der Waals surface area (Å²) < 4.78 is 0. The van der Waals surface area contributed by atoms with E-state index in [1.165, 1.54) is 0 Å². The fraction of sp³-hybridized carbons (Fsp3) is 0.667. The maximum absolute atomic E-state index is 9.54. The zero-order valence-electron chi connectivity index (χ0n) is 9.16. The van der Waals surface area contributed by atoms with Gasteiger partial charge in [-0.15, -0.1) is 0 Å². The van der Waals surface area contributed by atoms with Crippen LogP contribution in [0.25, 0.3) is 0 Å². The van der Waals surface area contributed by atoms with E-state index in [1.807, 2.05) is 0 Å². The van der Waals surface area contributed by atoms with Gasteiger partial charge in [-0.1, -0.05) is 44.6 Å². The van der Waals surface area contributed by atoms with Crippen LogP contribution in [0.15, 0.2) is 24.3 Å². The Bertz CT molecular complexity index is 222. The normalized spacial score (nSPS) is 27.9. The van der Waals surface area contributed by atoms with Crippen molar-refractivity contribution >= 4 is 0 Å². The molecule has 1 unspecified atom stereocenters. The highest BCUT2D eigenvalue weighted by atomic mass is 16.3. The number of aliphatic hydroxyl groups is 1. The molecule has 0 aromatic rings.